The van der Waals surface area contributed by atoms with E-state index >= 15 is 0 Å². The second-order valence-corrected chi connectivity index (χ2v) is 6.53. The predicted molar refractivity (Wildman–Crippen MR) is 69.3 cm³/mol. The van der Waals surface area contributed by atoms with E-state index in [1.54, 1.807) is 4.90 Å². The van der Waals surface area contributed by atoms with Gasteiger partial charge in [0.1, 0.15) is 0 Å². The number of amides is 1. The summed E-state index contributed by atoms with van der Waals surface area (Å²) in [5.41, 5.74) is 0. The van der Waals surface area contributed by atoms with Crippen molar-refractivity contribution in [2.75, 3.05) is 32.9 Å². The maximum atomic E-state index is 11.8. The summed E-state index contributed by atoms with van der Waals surface area (Å²) in [6.07, 6.45) is 1.86. The van der Waals surface area contributed by atoms with E-state index < -0.39 is 10.0 Å². The third kappa shape index (κ3) is 6.02. The topological polar surface area (TPSA) is 57.7 Å². The molecule has 0 aliphatic rings. The Labute approximate surface area is 105 Å². The molecule has 0 radical (unpaired) electrons. The fourth-order valence-corrected chi connectivity index (χ4v) is 2.26. The lowest BCUT2D eigenvalue weighted by molar-refractivity contribution is -0.130. The normalized spacial score (nSPS) is 11.8. The molecule has 0 bridgehead atoms. The van der Waals surface area contributed by atoms with Crippen LogP contribution < -0.4 is 0 Å². The molecule has 0 unspecified atom stereocenters. The van der Waals surface area contributed by atoms with Crippen LogP contribution in [-0.4, -0.2) is 56.5 Å². The molecule has 0 aromatic heterocycles. The van der Waals surface area contributed by atoms with Gasteiger partial charge in [0.2, 0.25) is 15.9 Å². The Kier molecular flexibility index (Phi) is 7.38. The smallest absolute Gasteiger partial charge is 0.223 e. The lowest BCUT2D eigenvalue weighted by atomic mass is 10.3. The number of rotatable bonds is 8. The molecule has 0 heterocycles. The van der Waals surface area contributed by atoms with Gasteiger partial charge in [0.05, 0.1) is 5.75 Å². The van der Waals surface area contributed by atoms with Crippen molar-refractivity contribution in [2.45, 2.75) is 33.1 Å². The zero-order valence-electron chi connectivity index (χ0n) is 11.3. The zero-order valence-corrected chi connectivity index (χ0v) is 12.1. The van der Waals surface area contributed by atoms with Gasteiger partial charge < -0.3 is 4.90 Å². The molecule has 0 saturated heterocycles. The molecule has 0 aromatic carbocycles. The molecule has 6 heteroatoms. The van der Waals surface area contributed by atoms with Gasteiger partial charge in [-0.15, -0.1) is 0 Å². The highest BCUT2D eigenvalue weighted by molar-refractivity contribution is 7.89. The van der Waals surface area contributed by atoms with Gasteiger partial charge in [-0.3, -0.25) is 4.79 Å². The van der Waals surface area contributed by atoms with Gasteiger partial charge in [-0.1, -0.05) is 13.8 Å². The van der Waals surface area contributed by atoms with Crippen molar-refractivity contribution in [1.29, 1.82) is 0 Å². The molecule has 0 atom stereocenters. The first kappa shape index (κ1) is 16.4. The molecule has 0 saturated carbocycles. The number of carbonyl (C=O) groups excluding carboxylic acids is 1. The van der Waals surface area contributed by atoms with E-state index in [0.29, 0.717) is 13.1 Å². The fourth-order valence-electron chi connectivity index (χ4n) is 1.46. The monoisotopic (exact) mass is 264 g/mol. The largest absolute Gasteiger partial charge is 0.343 e. The maximum Gasteiger partial charge on any atom is 0.223 e. The predicted octanol–water partition coefficient (Wildman–Crippen LogP) is 0.917. The van der Waals surface area contributed by atoms with Crippen LogP contribution >= 0.6 is 0 Å². The zero-order chi connectivity index (χ0) is 13.5. The van der Waals surface area contributed by atoms with Crippen LogP contribution in [0.15, 0.2) is 0 Å². The fraction of sp³-hybridized carbons (Fsp3) is 0.909. The Balaban J connectivity index is 4.32. The molecular weight excluding hydrogens is 240 g/mol. The second-order valence-electron chi connectivity index (χ2n) is 4.23. The van der Waals surface area contributed by atoms with E-state index in [0.717, 1.165) is 17.1 Å². The standard InChI is InChI=1S/C11H24N2O3S/c1-5-8-13(9-6-2)11(14)7-10-17(15,16)12(3)4/h5-10H2,1-4H3. The molecule has 0 aromatic rings. The van der Waals surface area contributed by atoms with Gasteiger partial charge in [-0.2, -0.15) is 0 Å². The van der Waals surface area contributed by atoms with Crippen LogP contribution in [0.1, 0.15) is 33.1 Å². The van der Waals surface area contributed by atoms with E-state index in [9.17, 15) is 13.2 Å². The Morgan fingerprint density at radius 3 is 1.88 bits per heavy atom. The van der Waals surface area contributed by atoms with Gasteiger partial charge in [-0.25, -0.2) is 12.7 Å². The highest BCUT2D eigenvalue weighted by Crippen LogP contribution is 2.03. The maximum absolute atomic E-state index is 11.8. The Morgan fingerprint density at radius 2 is 1.53 bits per heavy atom. The summed E-state index contributed by atoms with van der Waals surface area (Å²) < 4.78 is 24.2. The van der Waals surface area contributed by atoms with Gasteiger partial charge in [0.15, 0.2) is 0 Å². The summed E-state index contributed by atoms with van der Waals surface area (Å²) >= 11 is 0. The van der Waals surface area contributed by atoms with Gasteiger partial charge in [0, 0.05) is 33.6 Å². The second kappa shape index (κ2) is 7.66. The summed E-state index contributed by atoms with van der Waals surface area (Å²) in [4.78, 5) is 13.6. The summed E-state index contributed by atoms with van der Waals surface area (Å²) in [7, 11) is -0.307. The number of hydrogen-bond donors (Lipinski definition) is 0. The summed E-state index contributed by atoms with van der Waals surface area (Å²) in [5.74, 6) is -0.179. The van der Waals surface area contributed by atoms with Crippen molar-refractivity contribution in [3.63, 3.8) is 0 Å². The minimum atomic E-state index is -3.27. The minimum absolute atomic E-state index is 0.0700. The summed E-state index contributed by atoms with van der Waals surface area (Å²) in [6.45, 7) is 5.42. The van der Waals surface area contributed by atoms with Crippen molar-refractivity contribution in [3.8, 4) is 0 Å². The van der Waals surface area contributed by atoms with E-state index in [1.165, 1.54) is 14.1 Å². The first-order chi connectivity index (χ1) is 7.85. The minimum Gasteiger partial charge on any atom is -0.343 e. The van der Waals surface area contributed by atoms with E-state index in [1.807, 2.05) is 13.8 Å². The van der Waals surface area contributed by atoms with Crippen LogP contribution in [-0.2, 0) is 14.8 Å². The van der Waals surface area contributed by atoms with Crippen molar-refractivity contribution in [3.05, 3.63) is 0 Å². The molecule has 0 N–H and O–H groups in total. The lowest BCUT2D eigenvalue weighted by Gasteiger charge is -2.21. The summed E-state index contributed by atoms with van der Waals surface area (Å²) in [6, 6.07) is 0. The molecular formula is C11H24N2O3S. The van der Waals surface area contributed by atoms with Crippen LogP contribution in [0.25, 0.3) is 0 Å². The molecule has 0 fully saturated rings. The van der Waals surface area contributed by atoms with Crippen LogP contribution in [0.3, 0.4) is 0 Å². The van der Waals surface area contributed by atoms with Gasteiger partial charge in [-0.05, 0) is 12.8 Å². The van der Waals surface area contributed by atoms with Crippen LogP contribution in [0.5, 0.6) is 0 Å². The van der Waals surface area contributed by atoms with Crippen LogP contribution in [0.2, 0.25) is 0 Å². The van der Waals surface area contributed by atoms with Gasteiger partial charge in [0.25, 0.3) is 0 Å². The molecule has 0 aliphatic heterocycles. The Hall–Kier alpha value is -0.620. The first-order valence-corrected chi connectivity index (χ1v) is 7.64. The molecule has 0 rings (SSSR count). The molecule has 5 nitrogen and oxygen atoms in total. The average molecular weight is 264 g/mol. The van der Waals surface area contributed by atoms with Crippen molar-refractivity contribution in [1.82, 2.24) is 9.21 Å². The van der Waals surface area contributed by atoms with E-state index in [2.05, 4.69) is 0 Å². The van der Waals surface area contributed by atoms with E-state index in [4.69, 9.17) is 0 Å². The van der Waals surface area contributed by atoms with Gasteiger partial charge >= 0.3 is 0 Å². The molecule has 1 amide bonds. The summed E-state index contributed by atoms with van der Waals surface area (Å²) in [5, 5.41) is 0. The first-order valence-electron chi connectivity index (χ1n) is 6.03. The van der Waals surface area contributed by atoms with Crippen LogP contribution in [0, 0.1) is 0 Å². The molecule has 0 spiro atoms. The number of nitrogens with zero attached hydrogens (tertiary/aromatic N) is 2. The van der Waals surface area contributed by atoms with Crippen molar-refractivity contribution >= 4 is 15.9 Å². The third-order valence-corrected chi connectivity index (χ3v) is 4.30. The molecule has 0 aliphatic carbocycles. The van der Waals surface area contributed by atoms with Crippen molar-refractivity contribution in [2.24, 2.45) is 0 Å². The number of sulfonamides is 1. The Bertz CT molecular complexity index is 320. The van der Waals surface area contributed by atoms with Crippen molar-refractivity contribution < 1.29 is 13.2 Å². The highest BCUT2D eigenvalue weighted by Gasteiger charge is 2.18. The van der Waals surface area contributed by atoms with Crippen LogP contribution in [0.4, 0.5) is 0 Å². The lowest BCUT2D eigenvalue weighted by Crippen LogP contribution is -2.35. The Morgan fingerprint density at radius 1 is 1.06 bits per heavy atom. The highest BCUT2D eigenvalue weighted by atomic mass is 32.2. The quantitative estimate of drug-likeness (QED) is 0.655. The molecule has 17 heavy (non-hydrogen) atoms. The number of carbonyl (C=O) groups is 1. The third-order valence-electron chi connectivity index (χ3n) is 2.47. The molecule has 102 valence electrons. The van der Waals surface area contributed by atoms with E-state index in [-0.39, 0.29) is 18.1 Å². The SMILES string of the molecule is CCCN(CCC)C(=O)CCS(=O)(=O)N(C)C. The number of hydrogen-bond acceptors (Lipinski definition) is 3. The average Bonchev–Trinajstić information content (AvgIpc) is 2.25.